The second-order valence-electron chi connectivity index (χ2n) is 9.25. The van der Waals surface area contributed by atoms with Gasteiger partial charge >= 0.3 is 0 Å². The lowest BCUT2D eigenvalue weighted by atomic mass is 10.0. The molecule has 0 radical (unpaired) electrons. The first kappa shape index (κ1) is 26.0. The van der Waals surface area contributed by atoms with E-state index in [2.05, 4.69) is 9.97 Å². The van der Waals surface area contributed by atoms with Crippen molar-refractivity contribution in [3.05, 3.63) is 126 Å². The fourth-order valence-electron chi connectivity index (χ4n) is 4.54. The van der Waals surface area contributed by atoms with E-state index in [4.69, 9.17) is 18.9 Å². The van der Waals surface area contributed by atoms with Crippen LogP contribution in [0.3, 0.4) is 0 Å². The van der Waals surface area contributed by atoms with Gasteiger partial charge in [-0.25, -0.2) is 9.97 Å². The van der Waals surface area contributed by atoms with Crippen molar-refractivity contribution < 1.29 is 24.1 Å². The SMILES string of the molecule is CC[C@H]1OC(O)(c2cnc(OCc3ccccc3)cn2)[C@@H](OCc2ccccc2)C1OCc1ccccc1. The normalized spacial score (nSPS) is 22.8. The molecule has 1 saturated heterocycles. The Morgan fingerprint density at radius 2 is 1.29 bits per heavy atom. The van der Waals surface area contributed by atoms with Crippen molar-refractivity contribution in [3.63, 3.8) is 0 Å². The van der Waals surface area contributed by atoms with Crippen molar-refractivity contribution in [2.24, 2.45) is 0 Å². The van der Waals surface area contributed by atoms with E-state index < -0.39 is 24.1 Å². The first-order chi connectivity index (χ1) is 18.7. The van der Waals surface area contributed by atoms with Crippen LogP contribution in [0.15, 0.2) is 103 Å². The van der Waals surface area contributed by atoms with E-state index in [1.54, 1.807) is 0 Å². The predicted molar refractivity (Wildman–Crippen MR) is 142 cm³/mol. The standard InChI is InChI=1S/C31H32N2O5/c1-2-26-29(36-21-24-14-8-4-9-15-24)30(37-22-25-16-10-5-11-17-25)31(34,38-26)27-18-33-28(19-32-27)35-20-23-12-6-3-7-13-23/h3-19,26,29-30,34H,2,20-22H2,1H3/t26-,29?,30+,31?/m1/s1. The molecule has 0 saturated carbocycles. The molecule has 1 fully saturated rings. The molecule has 3 aromatic carbocycles. The Labute approximate surface area is 223 Å². The van der Waals surface area contributed by atoms with E-state index in [1.165, 1.54) is 12.4 Å². The number of aliphatic hydroxyl groups is 1. The minimum Gasteiger partial charge on any atom is -0.472 e. The van der Waals surface area contributed by atoms with Crippen LogP contribution < -0.4 is 4.74 Å². The zero-order valence-electron chi connectivity index (χ0n) is 21.4. The van der Waals surface area contributed by atoms with E-state index >= 15 is 0 Å². The number of benzene rings is 3. The summed E-state index contributed by atoms with van der Waals surface area (Å²) in [4.78, 5) is 8.86. The van der Waals surface area contributed by atoms with E-state index in [9.17, 15) is 5.11 Å². The number of ether oxygens (including phenoxy) is 4. The highest BCUT2D eigenvalue weighted by molar-refractivity contribution is 5.20. The van der Waals surface area contributed by atoms with Gasteiger partial charge in [0.15, 0.2) is 0 Å². The van der Waals surface area contributed by atoms with Crippen LogP contribution in [0.1, 0.15) is 35.7 Å². The van der Waals surface area contributed by atoms with E-state index in [0.717, 1.165) is 16.7 Å². The van der Waals surface area contributed by atoms with Crippen molar-refractivity contribution in [2.45, 2.75) is 57.3 Å². The fraction of sp³-hybridized carbons (Fsp3) is 0.290. The van der Waals surface area contributed by atoms with Gasteiger partial charge in [-0.15, -0.1) is 0 Å². The third-order valence-corrected chi connectivity index (χ3v) is 6.57. The van der Waals surface area contributed by atoms with E-state index in [1.807, 2.05) is 97.9 Å². The zero-order chi connectivity index (χ0) is 26.2. The number of hydrogen-bond donors (Lipinski definition) is 1. The third-order valence-electron chi connectivity index (χ3n) is 6.57. The topological polar surface area (TPSA) is 82.9 Å². The molecule has 1 aliphatic rings. The smallest absolute Gasteiger partial charge is 0.241 e. The summed E-state index contributed by atoms with van der Waals surface area (Å²) in [5.41, 5.74) is 3.27. The maximum Gasteiger partial charge on any atom is 0.241 e. The molecule has 2 unspecified atom stereocenters. The summed E-state index contributed by atoms with van der Waals surface area (Å²) >= 11 is 0. The Balaban J connectivity index is 1.36. The van der Waals surface area contributed by atoms with Gasteiger partial charge in [0.25, 0.3) is 0 Å². The summed E-state index contributed by atoms with van der Waals surface area (Å²) in [7, 11) is 0. The second-order valence-corrected chi connectivity index (χ2v) is 9.25. The van der Waals surface area contributed by atoms with Gasteiger partial charge in [-0.1, -0.05) is 97.9 Å². The predicted octanol–water partition coefficient (Wildman–Crippen LogP) is 5.18. The summed E-state index contributed by atoms with van der Waals surface area (Å²) in [6.07, 6.45) is 1.84. The van der Waals surface area contributed by atoms with Gasteiger partial charge in [-0.05, 0) is 23.1 Å². The van der Waals surface area contributed by atoms with Crippen LogP contribution in [0, 0.1) is 0 Å². The van der Waals surface area contributed by atoms with Gasteiger partial charge in [-0.3, -0.25) is 0 Å². The molecule has 0 spiro atoms. The molecule has 4 aromatic rings. The number of rotatable bonds is 11. The number of aromatic nitrogens is 2. The summed E-state index contributed by atoms with van der Waals surface area (Å²) < 4.78 is 24.7. The highest BCUT2D eigenvalue weighted by Crippen LogP contribution is 2.42. The average molecular weight is 513 g/mol. The molecular weight excluding hydrogens is 480 g/mol. The quantitative estimate of drug-likeness (QED) is 0.296. The summed E-state index contributed by atoms with van der Waals surface area (Å²) in [6.45, 7) is 3.01. The van der Waals surface area contributed by atoms with Crippen LogP contribution in [-0.2, 0) is 39.8 Å². The molecule has 1 aliphatic heterocycles. The molecule has 2 heterocycles. The maximum absolute atomic E-state index is 11.9. The summed E-state index contributed by atoms with van der Waals surface area (Å²) in [5.74, 6) is -1.49. The van der Waals surface area contributed by atoms with Crippen LogP contribution in [0.2, 0.25) is 0 Å². The van der Waals surface area contributed by atoms with Crippen molar-refractivity contribution in [1.82, 2.24) is 9.97 Å². The molecule has 196 valence electrons. The largest absolute Gasteiger partial charge is 0.472 e. The Morgan fingerprint density at radius 1 is 0.737 bits per heavy atom. The highest BCUT2D eigenvalue weighted by atomic mass is 16.7. The van der Waals surface area contributed by atoms with Gasteiger partial charge in [0.2, 0.25) is 11.7 Å². The van der Waals surface area contributed by atoms with Crippen LogP contribution in [0.4, 0.5) is 0 Å². The number of hydrogen-bond acceptors (Lipinski definition) is 7. The molecule has 4 atom stereocenters. The minimum absolute atomic E-state index is 0.242. The third kappa shape index (κ3) is 6.09. The number of nitrogens with zero attached hydrogens (tertiary/aromatic N) is 2. The summed E-state index contributed by atoms with van der Waals surface area (Å²) in [6, 6.07) is 29.5. The second kappa shape index (κ2) is 12.3. The van der Waals surface area contributed by atoms with Crippen molar-refractivity contribution >= 4 is 0 Å². The molecular formula is C31H32N2O5. The molecule has 7 heteroatoms. The lowest BCUT2D eigenvalue weighted by Gasteiger charge is -2.30. The van der Waals surface area contributed by atoms with Gasteiger partial charge in [0.05, 0.1) is 31.7 Å². The van der Waals surface area contributed by atoms with Crippen molar-refractivity contribution in [3.8, 4) is 5.88 Å². The molecule has 38 heavy (non-hydrogen) atoms. The zero-order valence-corrected chi connectivity index (χ0v) is 21.4. The Kier molecular flexibility index (Phi) is 8.41. The van der Waals surface area contributed by atoms with Crippen LogP contribution in [-0.4, -0.2) is 33.4 Å². The van der Waals surface area contributed by atoms with Crippen LogP contribution >= 0.6 is 0 Å². The molecule has 1 N–H and O–H groups in total. The Morgan fingerprint density at radius 3 is 1.82 bits per heavy atom. The van der Waals surface area contributed by atoms with E-state index in [0.29, 0.717) is 25.5 Å². The van der Waals surface area contributed by atoms with Crippen LogP contribution in [0.25, 0.3) is 0 Å². The summed E-state index contributed by atoms with van der Waals surface area (Å²) in [5, 5.41) is 11.9. The minimum atomic E-state index is -1.85. The maximum atomic E-state index is 11.9. The first-order valence-corrected chi connectivity index (χ1v) is 12.9. The molecule has 0 bridgehead atoms. The van der Waals surface area contributed by atoms with Crippen molar-refractivity contribution in [1.29, 1.82) is 0 Å². The average Bonchev–Trinajstić information content (AvgIpc) is 3.27. The molecule has 5 rings (SSSR count). The Bertz CT molecular complexity index is 1260. The monoisotopic (exact) mass is 512 g/mol. The van der Waals surface area contributed by atoms with Gasteiger partial charge in [0.1, 0.15) is 24.5 Å². The molecule has 1 aromatic heterocycles. The molecule has 0 amide bonds. The molecule has 7 nitrogen and oxygen atoms in total. The lowest BCUT2D eigenvalue weighted by Crippen LogP contribution is -2.44. The van der Waals surface area contributed by atoms with Gasteiger partial charge in [0, 0.05) is 0 Å². The fourth-order valence-corrected chi connectivity index (χ4v) is 4.54. The first-order valence-electron chi connectivity index (χ1n) is 12.9. The van der Waals surface area contributed by atoms with E-state index in [-0.39, 0.29) is 12.3 Å². The van der Waals surface area contributed by atoms with Crippen LogP contribution in [0.5, 0.6) is 5.88 Å². The lowest BCUT2D eigenvalue weighted by molar-refractivity contribution is -0.252. The van der Waals surface area contributed by atoms with Gasteiger partial charge < -0.3 is 24.1 Å². The highest BCUT2D eigenvalue weighted by Gasteiger charge is 2.57. The van der Waals surface area contributed by atoms with Crippen molar-refractivity contribution in [2.75, 3.05) is 0 Å². The Hall–Kier alpha value is -3.62. The molecule has 0 aliphatic carbocycles. The van der Waals surface area contributed by atoms with Gasteiger partial charge in [-0.2, -0.15) is 0 Å².